The summed E-state index contributed by atoms with van der Waals surface area (Å²) in [4.78, 5) is 6.66. The van der Waals surface area contributed by atoms with Crippen molar-refractivity contribution in [3.05, 3.63) is 24.0 Å². The number of benzene rings is 1. The highest BCUT2D eigenvalue weighted by Crippen LogP contribution is 2.33. The van der Waals surface area contributed by atoms with Crippen molar-refractivity contribution in [2.45, 2.75) is 12.5 Å². The Labute approximate surface area is 94.0 Å². The van der Waals surface area contributed by atoms with Gasteiger partial charge in [0.15, 0.2) is 0 Å². The van der Waals surface area contributed by atoms with Crippen molar-refractivity contribution >= 4 is 17.6 Å². The summed E-state index contributed by atoms with van der Waals surface area (Å²) in [6.45, 7) is 2.82. The van der Waals surface area contributed by atoms with Gasteiger partial charge >= 0.3 is 0 Å². The first-order valence-electron chi connectivity index (χ1n) is 5.64. The standard InChI is InChI=1S/C12H14FN3/c13-9-1-2-11-12(7-9)16-6-5-14-8-10(16)3-4-15-11/h1-2,4,7,10,14H,3,5-6,8H2. The molecule has 4 heteroatoms. The number of anilines is 1. The molecule has 3 nitrogen and oxygen atoms in total. The largest absolute Gasteiger partial charge is 0.364 e. The van der Waals surface area contributed by atoms with E-state index < -0.39 is 0 Å². The van der Waals surface area contributed by atoms with Crippen LogP contribution in [0.5, 0.6) is 0 Å². The van der Waals surface area contributed by atoms with Crippen molar-refractivity contribution in [1.82, 2.24) is 5.32 Å². The van der Waals surface area contributed by atoms with Gasteiger partial charge in [0.05, 0.1) is 11.4 Å². The van der Waals surface area contributed by atoms with E-state index in [-0.39, 0.29) is 5.82 Å². The van der Waals surface area contributed by atoms with Crippen molar-refractivity contribution in [2.24, 2.45) is 4.99 Å². The summed E-state index contributed by atoms with van der Waals surface area (Å²) < 4.78 is 13.3. The summed E-state index contributed by atoms with van der Waals surface area (Å²) in [7, 11) is 0. The number of rotatable bonds is 0. The first-order valence-corrected chi connectivity index (χ1v) is 5.64. The third-order valence-corrected chi connectivity index (χ3v) is 3.20. The summed E-state index contributed by atoms with van der Waals surface area (Å²) in [6, 6.07) is 5.22. The molecule has 0 aromatic heterocycles. The third-order valence-electron chi connectivity index (χ3n) is 3.20. The predicted molar refractivity (Wildman–Crippen MR) is 63.2 cm³/mol. The molecule has 0 aliphatic carbocycles. The maximum atomic E-state index is 13.3. The van der Waals surface area contributed by atoms with Crippen LogP contribution in [0.4, 0.5) is 15.8 Å². The molecule has 1 aromatic rings. The molecule has 1 fully saturated rings. The molecule has 16 heavy (non-hydrogen) atoms. The topological polar surface area (TPSA) is 27.6 Å². The number of fused-ring (bicyclic) bond motifs is 3. The summed E-state index contributed by atoms with van der Waals surface area (Å²) >= 11 is 0. The van der Waals surface area contributed by atoms with Gasteiger partial charge in [-0.1, -0.05) is 0 Å². The minimum absolute atomic E-state index is 0.187. The molecule has 84 valence electrons. The molecule has 1 atom stereocenters. The van der Waals surface area contributed by atoms with Crippen molar-refractivity contribution in [1.29, 1.82) is 0 Å². The molecule has 2 heterocycles. The molecule has 0 amide bonds. The molecular weight excluding hydrogens is 205 g/mol. The van der Waals surface area contributed by atoms with E-state index in [1.54, 1.807) is 12.1 Å². The van der Waals surface area contributed by atoms with Crippen LogP contribution in [0.25, 0.3) is 0 Å². The fraction of sp³-hybridized carbons (Fsp3) is 0.417. The average molecular weight is 219 g/mol. The van der Waals surface area contributed by atoms with Gasteiger partial charge < -0.3 is 10.2 Å². The zero-order valence-corrected chi connectivity index (χ0v) is 8.99. The average Bonchev–Trinajstić information content (AvgIpc) is 2.48. The first-order chi connectivity index (χ1) is 7.84. The predicted octanol–water partition coefficient (Wildman–Crippen LogP) is 1.71. The fourth-order valence-electron chi connectivity index (χ4n) is 2.40. The van der Waals surface area contributed by atoms with Crippen molar-refractivity contribution in [2.75, 3.05) is 24.5 Å². The molecular formula is C12H14FN3. The molecule has 1 aromatic carbocycles. The third kappa shape index (κ3) is 1.59. The maximum Gasteiger partial charge on any atom is 0.125 e. The van der Waals surface area contributed by atoms with Gasteiger partial charge in [-0.2, -0.15) is 0 Å². The second-order valence-corrected chi connectivity index (χ2v) is 4.23. The van der Waals surface area contributed by atoms with Gasteiger partial charge in [0.25, 0.3) is 0 Å². The Kier molecular flexibility index (Phi) is 2.36. The lowest BCUT2D eigenvalue weighted by Gasteiger charge is -2.36. The summed E-state index contributed by atoms with van der Waals surface area (Å²) in [5.41, 5.74) is 1.81. The molecule has 2 aliphatic heterocycles. The number of nitrogens with zero attached hydrogens (tertiary/aromatic N) is 2. The highest BCUT2D eigenvalue weighted by atomic mass is 19.1. The molecule has 1 N–H and O–H groups in total. The van der Waals surface area contributed by atoms with Crippen LogP contribution >= 0.6 is 0 Å². The van der Waals surface area contributed by atoms with Gasteiger partial charge in [0.1, 0.15) is 5.82 Å². The molecule has 1 unspecified atom stereocenters. The second kappa shape index (κ2) is 3.87. The fourth-order valence-corrected chi connectivity index (χ4v) is 2.40. The van der Waals surface area contributed by atoms with Crippen LogP contribution in [-0.2, 0) is 0 Å². The summed E-state index contributed by atoms with van der Waals surface area (Å²) in [5, 5.41) is 3.36. The monoisotopic (exact) mass is 219 g/mol. The number of aliphatic imine (C=N–C) groups is 1. The minimum atomic E-state index is -0.187. The molecule has 0 radical (unpaired) electrons. The van der Waals surface area contributed by atoms with E-state index >= 15 is 0 Å². The molecule has 1 saturated heterocycles. The van der Waals surface area contributed by atoms with Gasteiger partial charge in [-0.25, -0.2) is 4.39 Å². The van der Waals surface area contributed by atoms with Gasteiger partial charge in [-0.05, 0) is 18.2 Å². The van der Waals surface area contributed by atoms with Crippen LogP contribution in [0, 0.1) is 5.82 Å². The Hall–Kier alpha value is -1.42. The van der Waals surface area contributed by atoms with Crippen LogP contribution in [0.15, 0.2) is 23.2 Å². The zero-order valence-electron chi connectivity index (χ0n) is 8.99. The highest BCUT2D eigenvalue weighted by Gasteiger charge is 2.25. The van der Waals surface area contributed by atoms with E-state index in [1.165, 1.54) is 6.07 Å². The summed E-state index contributed by atoms with van der Waals surface area (Å²) in [6.07, 6.45) is 2.86. The van der Waals surface area contributed by atoms with Crippen LogP contribution in [-0.4, -0.2) is 31.9 Å². The van der Waals surface area contributed by atoms with Gasteiger partial charge in [-0.15, -0.1) is 0 Å². The lowest BCUT2D eigenvalue weighted by Crippen LogP contribution is -2.51. The van der Waals surface area contributed by atoms with Crippen molar-refractivity contribution in [3.63, 3.8) is 0 Å². The summed E-state index contributed by atoms with van der Waals surface area (Å²) in [5.74, 6) is -0.187. The van der Waals surface area contributed by atoms with Gasteiger partial charge in [-0.3, -0.25) is 4.99 Å². The zero-order chi connectivity index (χ0) is 11.0. The minimum Gasteiger partial charge on any atom is -0.364 e. The smallest absolute Gasteiger partial charge is 0.125 e. The van der Waals surface area contributed by atoms with Crippen molar-refractivity contribution in [3.8, 4) is 0 Å². The number of hydrogen-bond acceptors (Lipinski definition) is 3. The lowest BCUT2D eigenvalue weighted by molar-refractivity contribution is 0.488. The Morgan fingerprint density at radius 3 is 3.31 bits per heavy atom. The van der Waals surface area contributed by atoms with E-state index in [0.29, 0.717) is 6.04 Å². The van der Waals surface area contributed by atoms with Gasteiger partial charge in [0.2, 0.25) is 0 Å². The number of halogens is 1. The Morgan fingerprint density at radius 2 is 2.38 bits per heavy atom. The van der Waals surface area contributed by atoms with Crippen LogP contribution in [0.3, 0.4) is 0 Å². The van der Waals surface area contributed by atoms with E-state index in [0.717, 1.165) is 37.4 Å². The normalized spacial score (nSPS) is 23.6. The molecule has 3 rings (SSSR count). The van der Waals surface area contributed by atoms with E-state index in [9.17, 15) is 4.39 Å². The Bertz CT molecular complexity index is 430. The Morgan fingerprint density at radius 1 is 1.44 bits per heavy atom. The molecule has 2 aliphatic rings. The van der Waals surface area contributed by atoms with E-state index in [2.05, 4.69) is 15.2 Å². The number of nitrogens with one attached hydrogen (secondary N) is 1. The quantitative estimate of drug-likeness (QED) is 0.719. The van der Waals surface area contributed by atoms with Crippen LogP contribution in [0.1, 0.15) is 6.42 Å². The maximum absolute atomic E-state index is 13.3. The van der Waals surface area contributed by atoms with E-state index in [4.69, 9.17) is 0 Å². The Balaban J connectivity index is 2.06. The SMILES string of the molecule is Fc1ccc2c(c1)N1CCNCC1CC=N2. The number of hydrogen-bond donors (Lipinski definition) is 1. The molecule has 0 bridgehead atoms. The highest BCUT2D eigenvalue weighted by molar-refractivity contribution is 5.77. The van der Waals surface area contributed by atoms with Crippen molar-refractivity contribution < 1.29 is 4.39 Å². The van der Waals surface area contributed by atoms with Crippen LogP contribution < -0.4 is 10.2 Å². The number of piperazine rings is 1. The second-order valence-electron chi connectivity index (χ2n) is 4.23. The van der Waals surface area contributed by atoms with Crippen LogP contribution in [0.2, 0.25) is 0 Å². The van der Waals surface area contributed by atoms with E-state index in [1.807, 2.05) is 6.21 Å². The lowest BCUT2D eigenvalue weighted by atomic mass is 10.1. The molecule has 0 saturated carbocycles. The van der Waals surface area contributed by atoms with Gasteiger partial charge in [0, 0.05) is 38.3 Å². The first kappa shape index (κ1) is 9.78. The molecule has 0 spiro atoms.